The molecule has 0 spiro atoms. The van der Waals surface area contributed by atoms with Crippen molar-refractivity contribution in [2.45, 2.75) is 38.3 Å². The minimum Gasteiger partial charge on any atom is -0.360 e. The molecule has 0 amide bonds. The van der Waals surface area contributed by atoms with E-state index in [-0.39, 0.29) is 23.3 Å². The van der Waals surface area contributed by atoms with E-state index in [9.17, 15) is 8.78 Å². The minimum absolute atomic E-state index is 0.00675. The Morgan fingerprint density at radius 3 is 2.53 bits per heavy atom. The fraction of sp³-hybridized carbons (Fsp3) is 0.500. The molecule has 3 nitrogen and oxygen atoms in total. The van der Waals surface area contributed by atoms with Crippen LogP contribution in [0.2, 0.25) is 0 Å². The van der Waals surface area contributed by atoms with Gasteiger partial charge in [-0.2, -0.15) is 5.26 Å². The standard InChI is InChI=1S/C14H17F2N3/c1-9-3-2-4-11(8-18)19(9)14-12(15)5-10(7-17)6-13(14)16/h5-6,9,11H,2-4,8,18H2,1H3. The van der Waals surface area contributed by atoms with Crippen LogP contribution < -0.4 is 10.6 Å². The first-order chi connectivity index (χ1) is 9.08. The van der Waals surface area contributed by atoms with Crippen molar-refractivity contribution in [2.24, 2.45) is 5.73 Å². The average Bonchev–Trinajstić information content (AvgIpc) is 2.39. The fourth-order valence-electron chi connectivity index (χ4n) is 2.80. The molecule has 102 valence electrons. The minimum atomic E-state index is -0.691. The first-order valence-electron chi connectivity index (χ1n) is 6.46. The molecule has 0 saturated carbocycles. The van der Waals surface area contributed by atoms with E-state index in [1.54, 1.807) is 11.0 Å². The zero-order valence-electron chi connectivity index (χ0n) is 10.9. The third-order valence-corrected chi connectivity index (χ3v) is 3.70. The van der Waals surface area contributed by atoms with Gasteiger partial charge in [-0.3, -0.25) is 0 Å². The van der Waals surface area contributed by atoms with Crippen LogP contribution in [-0.2, 0) is 0 Å². The van der Waals surface area contributed by atoms with Crippen molar-refractivity contribution < 1.29 is 8.78 Å². The zero-order valence-corrected chi connectivity index (χ0v) is 10.9. The van der Waals surface area contributed by atoms with Gasteiger partial charge in [-0.25, -0.2) is 8.78 Å². The van der Waals surface area contributed by atoms with Crippen molar-refractivity contribution in [3.63, 3.8) is 0 Å². The Kier molecular flexibility index (Phi) is 4.01. The Labute approximate surface area is 111 Å². The lowest BCUT2D eigenvalue weighted by atomic mass is 9.95. The number of benzene rings is 1. The van der Waals surface area contributed by atoms with Crippen molar-refractivity contribution in [3.05, 3.63) is 29.3 Å². The maximum atomic E-state index is 14.1. The molecule has 19 heavy (non-hydrogen) atoms. The number of nitriles is 1. The molecule has 1 heterocycles. The predicted octanol–water partition coefficient (Wildman–Crippen LogP) is 2.54. The molecule has 1 fully saturated rings. The molecule has 2 rings (SSSR count). The summed E-state index contributed by atoms with van der Waals surface area (Å²) in [6.45, 7) is 2.31. The summed E-state index contributed by atoms with van der Waals surface area (Å²) in [5.74, 6) is -1.38. The Balaban J connectivity index is 2.47. The Hall–Kier alpha value is -1.67. The topological polar surface area (TPSA) is 53.0 Å². The van der Waals surface area contributed by atoms with Gasteiger partial charge in [0.1, 0.15) is 5.69 Å². The van der Waals surface area contributed by atoms with Gasteiger partial charge in [0.05, 0.1) is 11.6 Å². The number of rotatable bonds is 2. The number of nitrogens with two attached hydrogens (primary N) is 1. The van der Waals surface area contributed by atoms with Crippen LogP contribution in [0.15, 0.2) is 12.1 Å². The summed E-state index contributed by atoms with van der Waals surface area (Å²) >= 11 is 0. The van der Waals surface area contributed by atoms with Crippen molar-refractivity contribution in [1.82, 2.24) is 0 Å². The third kappa shape index (κ3) is 2.54. The second-order valence-electron chi connectivity index (χ2n) is 4.98. The van der Waals surface area contributed by atoms with Gasteiger partial charge in [0.25, 0.3) is 0 Å². The van der Waals surface area contributed by atoms with E-state index in [1.807, 2.05) is 6.92 Å². The van der Waals surface area contributed by atoms with E-state index in [0.29, 0.717) is 6.54 Å². The van der Waals surface area contributed by atoms with Crippen LogP contribution in [-0.4, -0.2) is 18.6 Å². The Morgan fingerprint density at radius 1 is 1.37 bits per heavy atom. The van der Waals surface area contributed by atoms with Crippen LogP contribution in [0, 0.1) is 23.0 Å². The predicted molar refractivity (Wildman–Crippen MR) is 69.7 cm³/mol. The van der Waals surface area contributed by atoms with Crippen molar-refractivity contribution >= 4 is 5.69 Å². The quantitative estimate of drug-likeness (QED) is 0.894. The highest BCUT2D eigenvalue weighted by Gasteiger charge is 2.31. The molecule has 2 atom stereocenters. The Morgan fingerprint density at radius 2 is 2.00 bits per heavy atom. The lowest BCUT2D eigenvalue weighted by Gasteiger charge is -2.42. The maximum absolute atomic E-state index is 14.1. The molecule has 1 saturated heterocycles. The van der Waals surface area contributed by atoms with Crippen LogP contribution in [0.25, 0.3) is 0 Å². The van der Waals surface area contributed by atoms with Crippen molar-refractivity contribution in [1.29, 1.82) is 5.26 Å². The van der Waals surface area contributed by atoms with E-state index >= 15 is 0 Å². The summed E-state index contributed by atoms with van der Waals surface area (Å²) in [5.41, 5.74) is 5.65. The van der Waals surface area contributed by atoms with Crippen LogP contribution in [0.3, 0.4) is 0 Å². The number of hydrogen-bond donors (Lipinski definition) is 1. The molecule has 2 unspecified atom stereocenters. The summed E-state index contributed by atoms with van der Waals surface area (Å²) < 4.78 is 28.2. The third-order valence-electron chi connectivity index (χ3n) is 3.70. The van der Waals surface area contributed by atoms with Crippen molar-refractivity contribution in [3.8, 4) is 6.07 Å². The van der Waals surface area contributed by atoms with E-state index < -0.39 is 11.6 Å². The van der Waals surface area contributed by atoms with Gasteiger partial charge in [0.2, 0.25) is 0 Å². The number of anilines is 1. The summed E-state index contributed by atoms with van der Waals surface area (Å²) in [6.07, 6.45) is 2.73. The van der Waals surface area contributed by atoms with E-state index in [1.165, 1.54) is 0 Å². The first kappa shape index (κ1) is 13.8. The van der Waals surface area contributed by atoms with Gasteiger partial charge in [0, 0.05) is 18.6 Å². The van der Waals surface area contributed by atoms with Gasteiger partial charge in [-0.05, 0) is 38.3 Å². The molecular weight excluding hydrogens is 248 g/mol. The normalized spacial score (nSPS) is 23.2. The summed E-state index contributed by atoms with van der Waals surface area (Å²) in [4.78, 5) is 1.73. The molecule has 5 heteroatoms. The molecule has 2 N–H and O–H groups in total. The lowest BCUT2D eigenvalue weighted by molar-refractivity contribution is 0.389. The van der Waals surface area contributed by atoms with E-state index in [4.69, 9.17) is 11.0 Å². The highest BCUT2D eigenvalue weighted by molar-refractivity contribution is 5.54. The van der Waals surface area contributed by atoms with Gasteiger partial charge in [0.15, 0.2) is 11.6 Å². The molecule has 1 aliphatic heterocycles. The molecule has 1 aliphatic rings. The van der Waals surface area contributed by atoms with Crippen LogP contribution in [0.5, 0.6) is 0 Å². The second-order valence-corrected chi connectivity index (χ2v) is 4.98. The van der Waals surface area contributed by atoms with Gasteiger partial charge in [-0.15, -0.1) is 0 Å². The maximum Gasteiger partial charge on any atom is 0.150 e. The number of hydrogen-bond acceptors (Lipinski definition) is 3. The lowest BCUT2D eigenvalue weighted by Crippen LogP contribution is -2.49. The monoisotopic (exact) mass is 265 g/mol. The summed E-state index contributed by atoms with van der Waals surface area (Å²) in [6, 6.07) is 3.89. The van der Waals surface area contributed by atoms with Gasteiger partial charge < -0.3 is 10.6 Å². The molecule has 0 radical (unpaired) electrons. The Bertz CT molecular complexity index is 487. The fourth-order valence-corrected chi connectivity index (χ4v) is 2.80. The molecule has 1 aromatic carbocycles. The zero-order chi connectivity index (χ0) is 14.0. The molecule has 0 bridgehead atoms. The second kappa shape index (κ2) is 5.54. The van der Waals surface area contributed by atoms with Gasteiger partial charge >= 0.3 is 0 Å². The molecule has 0 aromatic heterocycles. The number of piperidine rings is 1. The van der Waals surface area contributed by atoms with Gasteiger partial charge in [-0.1, -0.05) is 0 Å². The molecule has 0 aliphatic carbocycles. The largest absolute Gasteiger partial charge is 0.360 e. The summed E-state index contributed by atoms with van der Waals surface area (Å²) in [5, 5.41) is 8.72. The molecule has 1 aromatic rings. The highest BCUT2D eigenvalue weighted by Crippen LogP contribution is 2.33. The number of halogens is 2. The highest BCUT2D eigenvalue weighted by atomic mass is 19.1. The smallest absolute Gasteiger partial charge is 0.150 e. The van der Waals surface area contributed by atoms with E-state index in [2.05, 4.69) is 0 Å². The molecular formula is C14H17F2N3. The summed E-state index contributed by atoms with van der Waals surface area (Å²) in [7, 11) is 0. The van der Waals surface area contributed by atoms with Crippen molar-refractivity contribution in [2.75, 3.05) is 11.4 Å². The van der Waals surface area contributed by atoms with E-state index in [0.717, 1.165) is 31.4 Å². The van der Waals surface area contributed by atoms with Crippen LogP contribution >= 0.6 is 0 Å². The average molecular weight is 265 g/mol. The SMILES string of the molecule is CC1CCCC(CN)N1c1c(F)cc(C#N)cc1F. The van der Waals surface area contributed by atoms with Crippen LogP contribution in [0.4, 0.5) is 14.5 Å². The number of nitrogens with zero attached hydrogens (tertiary/aromatic N) is 2. The van der Waals surface area contributed by atoms with Crippen LogP contribution in [0.1, 0.15) is 31.7 Å². The first-order valence-corrected chi connectivity index (χ1v) is 6.46.